The van der Waals surface area contributed by atoms with E-state index in [0.717, 1.165) is 11.0 Å². The molecular weight excluding hydrogens is 523 g/mol. The van der Waals surface area contributed by atoms with Gasteiger partial charge >= 0.3 is 6.18 Å². The number of sulfone groups is 1. The van der Waals surface area contributed by atoms with Crippen LogP contribution in [0.15, 0.2) is 42.5 Å². The second-order valence-corrected chi connectivity index (χ2v) is 12.1. The van der Waals surface area contributed by atoms with Gasteiger partial charge in [0.15, 0.2) is 9.84 Å². The van der Waals surface area contributed by atoms with Gasteiger partial charge in [0.25, 0.3) is 11.8 Å². The molecular formula is C26H26F3N3O5S. The van der Waals surface area contributed by atoms with Crippen molar-refractivity contribution in [1.82, 2.24) is 10.2 Å². The third kappa shape index (κ3) is 4.89. The number of fused-ring (bicyclic) bond motifs is 1. The molecule has 2 saturated heterocycles. The van der Waals surface area contributed by atoms with Gasteiger partial charge in [0.05, 0.1) is 45.8 Å². The largest absolute Gasteiger partial charge is 0.416 e. The number of piperidine rings is 1. The summed E-state index contributed by atoms with van der Waals surface area (Å²) in [5, 5.41) is 2.62. The first kappa shape index (κ1) is 26.2. The Kier molecular flexibility index (Phi) is 6.70. The van der Waals surface area contributed by atoms with Crippen molar-refractivity contribution in [2.75, 3.05) is 29.5 Å². The lowest BCUT2D eigenvalue weighted by Gasteiger charge is -2.34. The lowest BCUT2D eigenvalue weighted by molar-refractivity contribution is -0.138. The number of benzene rings is 2. The Morgan fingerprint density at radius 2 is 1.79 bits per heavy atom. The Bertz CT molecular complexity index is 1410. The molecule has 202 valence electrons. The number of amides is 3. The number of halogens is 3. The summed E-state index contributed by atoms with van der Waals surface area (Å²) in [7, 11) is -3.31. The van der Waals surface area contributed by atoms with Crippen LogP contribution in [0.1, 0.15) is 51.1 Å². The van der Waals surface area contributed by atoms with Gasteiger partial charge in [-0.25, -0.2) is 8.42 Å². The molecule has 5 rings (SSSR count). The number of imide groups is 1. The van der Waals surface area contributed by atoms with Gasteiger partial charge in [-0.3, -0.25) is 19.3 Å². The van der Waals surface area contributed by atoms with Crippen LogP contribution < -0.4 is 10.2 Å². The molecule has 2 aromatic rings. The molecule has 0 spiro atoms. The van der Waals surface area contributed by atoms with Gasteiger partial charge in [-0.15, -0.1) is 0 Å². The Morgan fingerprint density at radius 3 is 2.50 bits per heavy atom. The topological polar surface area (TPSA) is 104 Å². The van der Waals surface area contributed by atoms with Gasteiger partial charge < -0.3 is 10.2 Å². The second-order valence-electron chi connectivity index (χ2n) is 9.89. The van der Waals surface area contributed by atoms with E-state index >= 15 is 0 Å². The Hall–Kier alpha value is -3.41. The van der Waals surface area contributed by atoms with Crippen molar-refractivity contribution in [3.05, 3.63) is 64.7 Å². The van der Waals surface area contributed by atoms with Crippen LogP contribution in [0.3, 0.4) is 0 Å². The van der Waals surface area contributed by atoms with Crippen LogP contribution in [0.25, 0.3) is 0 Å². The molecule has 38 heavy (non-hydrogen) atoms. The normalized spacial score (nSPS) is 23.0. The van der Waals surface area contributed by atoms with Crippen LogP contribution in [0.4, 0.5) is 18.9 Å². The monoisotopic (exact) mass is 549 g/mol. The lowest BCUT2D eigenvalue weighted by atomic mass is 9.95. The number of nitrogens with zero attached hydrogens (tertiary/aromatic N) is 2. The number of nitrogens with one attached hydrogen (secondary N) is 1. The van der Waals surface area contributed by atoms with Gasteiger partial charge in [-0.2, -0.15) is 13.2 Å². The number of rotatable bonds is 5. The fourth-order valence-electron chi connectivity index (χ4n) is 5.55. The van der Waals surface area contributed by atoms with Crippen molar-refractivity contribution in [2.24, 2.45) is 5.92 Å². The molecule has 0 bridgehead atoms. The Morgan fingerprint density at radius 1 is 1.03 bits per heavy atom. The van der Waals surface area contributed by atoms with Gasteiger partial charge in [0, 0.05) is 19.6 Å². The minimum absolute atomic E-state index is 0.0278. The quantitative estimate of drug-likeness (QED) is 0.576. The van der Waals surface area contributed by atoms with Gasteiger partial charge in [-0.05, 0) is 43.0 Å². The van der Waals surface area contributed by atoms with Crippen LogP contribution >= 0.6 is 0 Å². The maximum Gasteiger partial charge on any atom is 0.416 e. The number of hydrogen-bond acceptors (Lipinski definition) is 6. The van der Waals surface area contributed by atoms with E-state index in [0.29, 0.717) is 25.1 Å². The molecule has 8 nitrogen and oxygen atoms in total. The average molecular weight is 550 g/mol. The fourth-order valence-corrected chi connectivity index (χ4v) is 7.25. The smallest absolute Gasteiger partial charge is 0.370 e. The molecule has 2 aromatic carbocycles. The average Bonchev–Trinajstić information content (AvgIpc) is 3.37. The molecule has 3 aliphatic heterocycles. The highest BCUT2D eigenvalue weighted by Gasteiger charge is 2.46. The number of carbonyl (C=O) groups is 3. The van der Waals surface area contributed by atoms with E-state index in [4.69, 9.17) is 0 Å². The molecule has 0 radical (unpaired) electrons. The zero-order chi connectivity index (χ0) is 27.2. The predicted molar refractivity (Wildman–Crippen MR) is 132 cm³/mol. The summed E-state index contributed by atoms with van der Waals surface area (Å²) in [5.41, 5.74) is 0.0615. The van der Waals surface area contributed by atoms with Gasteiger partial charge in [-0.1, -0.05) is 24.3 Å². The highest BCUT2D eigenvalue weighted by molar-refractivity contribution is 7.91. The zero-order valence-corrected chi connectivity index (χ0v) is 21.1. The van der Waals surface area contributed by atoms with Crippen molar-refractivity contribution in [3.8, 4) is 0 Å². The van der Waals surface area contributed by atoms with Crippen LogP contribution in [0.5, 0.6) is 0 Å². The summed E-state index contributed by atoms with van der Waals surface area (Å²) in [6, 6.07) is 9.25. The summed E-state index contributed by atoms with van der Waals surface area (Å²) in [4.78, 5) is 42.3. The molecule has 3 heterocycles. The van der Waals surface area contributed by atoms with Crippen LogP contribution in [0.2, 0.25) is 0 Å². The van der Waals surface area contributed by atoms with E-state index in [1.807, 2.05) is 4.90 Å². The number of anilines is 1. The molecule has 0 aromatic heterocycles. The first-order valence-corrected chi connectivity index (χ1v) is 14.2. The van der Waals surface area contributed by atoms with Gasteiger partial charge in [0.1, 0.15) is 0 Å². The highest BCUT2D eigenvalue weighted by atomic mass is 32.2. The zero-order valence-electron chi connectivity index (χ0n) is 20.3. The van der Waals surface area contributed by atoms with Crippen molar-refractivity contribution in [1.29, 1.82) is 0 Å². The second kappa shape index (κ2) is 9.72. The summed E-state index contributed by atoms with van der Waals surface area (Å²) in [6.07, 6.45) is -3.20. The first-order valence-electron chi connectivity index (χ1n) is 12.4. The third-order valence-electron chi connectivity index (χ3n) is 7.41. The Balaban J connectivity index is 1.31. The number of alkyl halides is 3. The molecule has 3 amide bonds. The summed E-state index contributed by atoms with van der Waals surface area (Å²) < 4.78 is 63.8. The maximum absolute atomic E-state index is 13.4. The summed E-state index contributed by atoms with van der Waals surface area (Å²) in [5.74, 6) is -2.31. The lowest BCUT2D eigenvalue weighted by Crippen LogP contribution is -2.44. The molecule has 0 unspecified atom stereocenters. The van der Waals surface area contributed by atoms with Crippen LogP contribution in [-0.2, 0) is 27.4 Å². The minimum Gasteiger partial charge on any atom is -0.370 e. The van der Waals surface area contributed by atoms with E-state index in [1.54, 1.807) is 12.1 Å². The van der Waals surface area contributed by atoms with E-state index < -0.39 is 45.4 Å². The first-order chi connectivity index (χ1) is 18.0. The molecule has 12 heteroatoms. The van der Waals surface area contributed by atoms with E-state index in [1.165, 1.54) is 24.3 Å². The van der Waals surface area contributed by atoms with Crippen molar-refractivity contribution >= 4 is 33.2 Å². The molecule has 2 fully saturated rings. The highest BCUT2D eigenvalue weighted by Crippen LogP contribution is 2.37. The predicted octanol–water partition coefficient (Wildman–Crippen LogP) is 3.02. The van der Waals surface area contributed by atoms with E-state index in [2.05, 4.69) is 5.32 Å². The standard InChI is InChI=1S/C26H26F3N3O5S/c27-26(28,29)20-8-2-1-5-16(20)13-30-23(33)17-6-4-11-31(14-17)21-9-3-7-19-22(21)25(35)32(24(19)34)18-10-12-38(36,37)15-18/h1-3,5,7-9,17-18H,4,6,10-15H2,(H,30,33)/t17-,18+/m1/s1. The number of hydrogen-bond donors (Lipinski definition) is 1. The Labute approximate surface area is 217 Å². The van der Waals surface area contributed by atoms with Crippen molar-refractivity contribution in [3.63, 3.8) is 0 Å². The fraction of sp³-hybridized carbons (Fsp3) is 0.423. The summed E-state index contributed by atoms with van der Waals surface area (Å²) in [6.45, 7) is 0.483. The van der Waals surface area contributed by atoms with Gasteiger partial charge in [0.2, 0.25) is 5.91 Å². The van der Waals surface area contributed by atoms with E-state index in [-0.39, 0.29) is 53.6 Å². The third-order valence-corrected chi connectivity index (χ3v) is 9.16. The van der Waals surface area contributed by atoms with Crippen LogP contribution in [0, 0.1) is 5.92 Å². The number of carbonyl (C=O) groups excluding carboxylic acids is 3. The van der Waals surface area contributed by atoms with Crippen molar-refractivity contribution in [2.45, 2.75) is 38.0 Å². The van der Waals surface area contributed by atoms with E-state index in [9.17, 15) is 36.0 Å². The minimum atomic E-state index is -4.53. The SMILES string of the molecule is O=C(NCc1ccccc1C(F)(F)F)[C@@H]1CCCN(c2cccc3c2C(=O)N([C@H]2CCS(=O)(=O)C2)C3=O)C1. The van der Waals surface area contributed by atoms with Crippen LogP contribution in [-0.4, -0.2) is 61.7 Å². The molecule has 3 aliphatic rings. The molecule has 2 atom stereocenters. The molecule has 1 N–H and O–H groups in total. The summed E-state index contributed by atoms with van der Waals surface area (Å²) >= 11 is 0. The molecule has 0 saturated carbocycles. The maximum atomic E-state index is 13.4. The van der Waals surface area contributed by atoms with Crippen molar-refractivity contribution < 1.29 is 36.0 Å². The molecule has 0 aliphatic carbocycles.